The molecule has 0 aliphatic rings. The van der Waals surface area contributed by atoms with Crippen LogP contribution in [0.2, 0.25) is 0 Å². The highest BCUT2D eigenvalue weighted by Crippen LogP contribution is 2.31. The molecule has 0 radical (unpaired) electrons. The average Bonchev–Trinajstić information content (AvgIpc) is 3.42. The number of fused-ring (bicyclic) bond motifs is 1. The Hall–Kier alpha value is -3.78. The van der Waals surface area contributed by atoms with E-state index in [0.29, 0.717) is 38.0 Å². The van der Waals surface area contributed by atoms with Crippen LogP contribution in [0.1, 0.15) is 39.0 Å². The van der Waals surface area contributed by atoms with Gasteiger partial charge in [0.25, 0.3) is 10.0 Å². The third-order valence-corrected chi connectivity index (χ3v) is 7.64. The van der Waals surface area contributed by atoms with Crippen LogP contribution in [-0.4, -0.2) is 67.9 Å². The van der Waals surface area contributed by atoms with Crippen molar-refractivity contribution in [1.29, 1.82) is 0 Å². The molecule has 11 nitrogen and oxygen atoms in total. The smallest absolute Gasteiger partial charge is 0.410 e. The van der Waals surface area contributed by atoms with Crippen LogP contribution in [0.3, 0.4) is 0 Å². The molecule has 3 heterocycles. The van der Waals surface area contributed by atoms with Gasteiger partial charge >= 0.3 is 6.09 Å². The van der Waals surface area contributed by atoms with Crippen molar-refractivity contribution in [3.8, 4) is 17.0 Å². The molecule has 0 saturated carbocycles. The van der Waals surface area contributed by atoms with E-state index in [2.05, 4.69) is 37.7 Å². The van der Waals surface area contributed by atoms with Crippen LogP contribution in [0.15, 0.2) is 47.8 Å². The normalized spacial score (nSPS) is 12.8. The molecule has 0 saturated heterocycles. The van der Waals surface area contributed by atoms with Gasteiger partial charge in [0.1, 0.15) is 21.8 Å². The van der Waals surface area contributed by atoms with E-state index in [0.717, 1.165) is 10.3 Å². The van der Waals surface area contributed by atoms with Crippen molar-refractivity contribution >= 4 is 49.0 Å². The topological polar surface area (TPSA) is 121 Å². The Morgan fingerprint density at radius 3 is 2.64 bits per heavy atom. The number of hydrogen-bond donors (Lipinski definition) is 0. The number of rotatable bonds is 9. The third kappa shape index (κ3) is 6.81. The predicted molar refractivity (Wildman–Crippen MR) is 161 cm³/mol. The van der Waals surface area contributed by atoms with Crippen molar-refractivity contribution in [2.75, 3.05) is 12.8 Å². The lowest BCUT2D eigenvalue weighted by atomic mass is 10.1. The summed E-state index contributed by atoms with van der Waals surface area (Å²) in [5.74, 6) is -0.494. The maximum absolute atomic E-state index is 14.6. The van der Waals surface area contributed by atoms with Gasteiger partial charge in [0.15, 0.2) is 11.6 Å². The Morgan fingerprint density at radius 1 is 1.29 bits per heavy atom. The van der Waals surface area contributed by atoms with Crippen LogP contribution in [-0.2, 0) is 28.4 Å². The van der Waals surface area contributed by atoms with Crippen LogP contribution in [0.25, 0.3) is 28.2 Å². The highest BCUT2D eigenvalue weighted by atomic mass is 79.9. The summed E-state index contributed by atoms with van der Waals surface area (Å²) in [6, 6.07) is 6.25. The fourth-order valence-corrected chi connectivity index (χ4v) is 5.60. The van der Waals surface area contributed by atoms with Gasteiger partial charge in [-0.25, -0.2) is 17.6 Å². The molecule has 0 aliphatic carbocycles. The molecule has 14 heteroatoms. The first kappa shape index (κ1) is 31.2. The molecule has 3 aromatic heterocycles. The molecule has 0 spiro atoms. The SMILES string of the molecule is C=Cc1cccc(F)c1O[C@H](C)CN(Cc1c(-c2cc3c(Br)nn(S(C)(=O)=O)c3cn2)cnn1C)C(=O)OC(C)(C)C. The molecule has 1 amide bonds. The van der Waals surface area contributed by atoms with Gasteiger partial charge in [-0.1, -0.05) is 24.8 Å². The van der Waals surface area contributed by atoms with E-state index < -0.39 is 33.6 Å². The second-order valence-corrected chi connectivity index (χ2v) is 13.3. The summed E-state index contributed by atoms with van der Waals surface area (Å²) in [5, 5.41) is 9.00. The molecular weight excluding hydrogens is 631 g/mol. The zero-order valence-corrected chi connectivity index (χ0v) is 26.5. The lowest BCUT2D eigenvalue weighted by Crippen LogP contribution is -2.41. The Kier molecular flexibility index (Phi) is 8.78. The number of halogens is 2. The molecule has 4 rings (SSSR count). The van der Waals surface area contributed by atoms with Crippen molar-refractivity contribution in [2.24, 2.45) is 7.05 Å². The van der Waals surface area contributed by atoms with Gasteiger partial charge in [0.2, 0.25) is 0 Å². The monoisotopic (exact) mass is 662 g/mol. The Morgan fingerprint density at radius 2 is 2.00 bits per heavy atom. The van der Waals surface area contributed by atoms with E-state index in [1.165, 1.54) is 23.2 Å². The first-order chi connectivity index (χ1) is 19.6. The molecular formula is C28H32BrFN6O5S. The summed E-state index contributed by atoms with van der Waals surface area (Å²) in [7, 11) is -1.92. The number of amides is 1. The summed E-state index contributed by atoms with van der Waals surface area (Å²) in [4.78, 5) is 19.3. The fourth-order valence-electron chi connectivity index (χ4n) is 4.29. The van der Waals surface area contributed by atoms with E-state index in [4.69, 9.17) is 9.47 Å². The predicted octanol–water partition coefficient (Wildman–Crippen LogP) is 5.39. The zero-order valence-electron chi connectivity index (χ0n) is 24.1. The molecule has 4 aromatic rings. The van der Waals surface area contributed by atoms with Crippen molar-refractivity contribution in [3.63, 3.8) is 0 Å². The summed E-state index contributed by atoms with van der Waals surface area (Å²) in [6.45, 7) is 10.9. The number of nitrogens with zero attached hydrogens (tertiary/aromatic N) is 6. The summed E-state index contributed by atoms with van der Waals surface area (Å²) in [5.41, 5.74) is 1.77. The number of carbonyl (C=O) groups excluding carboxylic acids is 1. The minimum absolute atomic E-state index is 0.0445. The van der Waals surface area contributed by atoms with Gasteiger partial charge in [-0.3, -0.25) is 14.6 Å². The van der Waals surface area contributed by atoms with Crippen molar-refractivity contribution in [1.82, 2.24) is 28.9 Å². The zero-order chi connectivity index (χ0) is 31.0. The third-order valence-electron chi connectivity index (χ3n) is 6.15. The van der Waals surface area contributed by atoms with Crippen LogP contribution < -0.4 is 4.74 Å². The summed E-state index contributed by atoms with van der Waals surface area (Å²) in [6.07, 6.45) is 4.37. The van der Waals surface area contributed by atoms with Crippen molar-refractivity contribution in [2.45, 2.75) is 45.9 Å². The molecule has 224 valence electrons. The number of hydrogen-bond acceptors (Lipinski definition) is 8. The second kappa shape index (κ2) is 11.8. The molecule has 0 aliphatic heterocycles. The van der Waals surface area contributed by atoms with Gasteiger partial charge < -0.3 is 9.47 Å². The number of aryl methyl sites for hydroxylation is 1. The first-order valence-corrected chi connectivity index (χ1v) is 15.5. The molecule has 1 atom stereocenters. The Bertz CT molecular complexity index is 1760. The van der Waals surface area contributed by atoms with E-state index in [-0.39, 0.29) is 18.8 Å². The Labute approximate surface area is 252 Å². The maximum Gasteiger partial charge on any atom is 0.410 e. The summed E-state index contributed by atoms with van der Waals surface area (Å²) < 4.78 is 53.4. The molecule has 0 fully saturated rings. The van der Waals surface area contributed by atoms with Gasteiger partial charge in [0.05, 0.1) is 43.1 Å². The lowest BCUT2D eigenvalue weighted by Gasteiger charge is -2.30. The average molecular weight is 664 g/mol. The number of carbonyl (C=O) groups is 1. The van der Waals surface area contributed by atoms with E-state index in [9.17, 15) is 17.6 Å². The van der Waals surface area contributed by atoms with Gasteiger partial charge in [-0.15, -0.1) is 5.10 Å². The standard InChI is InChI=1S/C28H32BrFN6O5S/c1-8-18-10-9-11-21(30)25(18)40-17(2)15-35(27(37)41-28(3,4)5)16-24-20(13-32-34(24)6)22-12-19-23(14-31-22)36(33-26(19)29)42(7,38)39/h8-14,17H,1,15-16H2,2-7H3/t17-/m1/s1. The quantitative estimate of drug-likeness (QED) is 0.234. The van der Waals surface area contributed by atoms with Gasteiger partial charge in [-0.2, -0.15) is 9.19 Å². The number of benzene rings is 1. The van der Waals surface area contributed by atoms with E-state index >= 15 is 0 Å². The molecule has 1 aromatic carbocycles. The van der Waals surface area contributed by atoms with Crippen LogP contribution in [0.5, 0.6) is 5.75 Å². The molecule has 0 bridgehead atoms. The van der Waals surface area contributed by atoms with Gasteiger partial charge in [-0.05, 0) is 55.8 Å². The Balaban J connectivity index is 1.69. The lowest BCUT2D eigenvalue weighted by molar-refractivity contribution is 0.0155. The number of ether oxygens (including phenoxy) is 2. The highest BCUT2D eigenvalue weighted by molar-refractivity contribution is 9.10. The minimum atomic E-state index is -3.65. The van der Waals surface area contributed by atoms with Gasteiger partial charge in [0, 0.05) is 23.6 Å². The first-order valence-electron chi connectivity index (χ1n) is 12.9. The number of pyridine rings is 1. The minimum Gasteiger partial charge on any atom is -0.485 e. The molecule has 0 N–H and O–H groups in total. The number of para-hydroxylation sites is 1. The second-order valence-electron chi connectivity index (χ2n) is 10.8. The van der Waals surface area contributed by atoms with Crippen LogP contribution in [0, 0.1) is 5.82 Å². The highest BCUT2D eigenvalue weighted by Gasteiger charge is 2.28. The van der Waals surface area contributed by atoms with Crippen LogP contribution >= 0.6 is 15.9 Å². The fraction of sp³-hybridized carbons (Fsp3) is 0.357. The van der Waals surface area contributed by atoms with E-state index in [1.807, 2.05) is 0 Å². The van der Waals surface area contributed by atoms with E-state index in [1.54, 1.807) is 63.8 Å². The number of aromatic nitrogens is 5. The molecule has 0 unspecified atom stereocenters. The van der Waals surface area contributed by atoms with Crippen molar-refractivity contribution in [3.05, 3.63) is 64.9 Å². The van der Waals surface area contributed by atoms with Crippen molar-refractivity contribution < 1.29 is 27.1 Å². The summed E-state index contributed by atoms with van der Waals surface area (Å²) >= 11 is 3.34. The van der Waals surface area contributed by atoms with Crippen LogP contribution in [0.4, 0.5) is 9.18 Å². The largest absolute Gasteiger partial charge is 0.485 e. The maximum atomic E-state index is 14.6. The molecule has 42 heavy (non-hydrogen) atoms.